The first kappa shape index (κ1) is 19.5. The first-order valence-electron chi connectivity index (χ1n) is 7.21. The third-order valence-electron chi connectivity index (χ3n) is 3.48. The molecule has 3 aromatic rings. The number of carboxylic acids is 1. The van der Waals surface area contributed by atoms with Crippen LogP contribution >= 0.6 is 22.9 Å². The van der Waals surface area contributed by atoms with Crippen molar-refractivity contribution < 1.29 is 39.5 Å². The zero-order valence-corrected chi connectivity index (χ0v) is 17.7. The standard InChI is InChI=1S/C17H17ClN2O2S.Na/c1-17(2,3)7-10-8-20(14-6-11(18)4-5-12(10)14)16-19-13(9-23-16)15(21)22;/h4-6,8-9H,7H2,1-3H3,(H,21,22);/q;+1/p-1. The van der Waals surface area contributed by atoms with E-state index in [2.05, 4.69) is 25.8 Å². The van der Waals surface area contributed by atoms with Crippen molar-refractivity contribution in [2.75, 3.05) is 0 Å². The van der Waals surface area contributed by atoms with Crippen molar-refractivity contribution in [2.45, 2.75) is 27.2 Å². The quantitative estimate of drug-likeness (QED) is 0.638. The predicted molar refractivity (Wildman–Crippen MR) is 91.4 cm³/mol. The molecule has 1 aromatic carbocycles. The average Bonchev–Trinajstić information content (AvgIpc) is 3.02. The molecule has 0 aliphatic heterocycles. The van der Waals surface area contributed by atoms with Gasteiger partial charge in [-0.2, -0.15) is 0 Å². The maximum absolute atomic E-state index is 11.0. The van der Waals surface area contributed by atoms with Crippen LogP contribution in [0.15, 0.2) is 29.8 Å². The van der Waals surface area contributed by atoms with E-state index in [1.165, 1.54) is 22.3 Å². The molecule has 24 heavy (non-hydrogen) atoms. The smallest absolute Gasteiger partial charge is 0.543 e. The van der Waals surface area contributed by atoms with E-state index < -0.39 is 5.97 Å². The van der Waals surface area contributed by atoms with Crippen LogP contribution in [0.2, 0.25) is 5.02 Å². The van der Waals surface area contributed by atoms with Crippen LogP contribution in [-0.2, 0) is 6.42 Å². The Morgan fingerprint density at radius 1 is 1.38 bits per heavy atom. The van der Waals surface area contributed by atoms with Gasteiger partial charge in [-0.1, -0.05) is 38.4 Å². The van der Waals surface area contributed by atoms with Gasteiger partial charge in [0.25, 0.3) is 0 Å². The summed E-state index contributed by atoms with van der Waals surface area (Å²) in [7, 11) is 0. The second-order valence-electron chi connectivity index (χ2n) is 6.73. The molecule has 0 bridgehead atoms. The SMILES string of the molecule is CC(C)(C)Cc1cn(-c2nc(C(=O)[O-])cs2)c2cc(Cl)ccc12.[Na+]. The van der Waals surface area contributed by atoms with Gasteiger partial charge in [-0.3, -0.25) is 4.57 Å². The summed E-state index contributed by atoms with van der Waals surface area (Å²) in [5, 5.41) is 14.8. The summed E-state index contributed by atoms with van der Waals surface area (Å²) in [5.74, 6) is -1.27. The van der Waals surface area contributed by atoms with Gasteiger partial charge >= 0.3 is 29.6 Å². The molecule has 0 unspecified atom stereocenters. The van der Waals surface area contributed by atoms with Crippen molar-refractivity contribution in [2.24, 2.45) is 5.41 Å². The topological polar surface area (TPSA) is 58.0 Å². The minimum absolute atomic E-state index is 0. The number of hydrogen-bond acceptors (Lipinski definition) is 4. The summed E-state index contributed by atoms with van der Waals surface area (Å²) in [6, 6.07) is 5.75. The molecule has 0 radical (unpaired) electrons. The number of aromatic nitrogens is 2. The van der Waals surface area contributed by atoms with Crippen molar-refractivity contribution in [3.05, 3.63) is 46.1 Å². The van der Waals surface area contributed by atoms with E-state index in [0.29, 0.717) is 10.2 Å². The van der Waals surface area contributed by atoms with Crippen LogP contribution in [0.3, 0.4) is 0 Å². The summed E-state index contributed by atoms with van der Waals surface area (Å²) < 4.78 is 1.90. The number of carbonyl (C=O) groups excluding carboxylic acids is 1. The van der Waals surface area contributed by atoms with Crippen molar-refractivity contribution >= 4 is 39.8 Å². The number of hydrogen-bond donors (Lipinski definition) is 0. The van der Waals surface area contributed by atoms with Gasteiger partial charge < -0.3 is 9.90 Å². The number of carboxylic acid groups (broad SMARTS) is 1. The van der Waals surface area contributed by atoms with E-state index in [0.717, 1.165) is 17.3 Å². The molecule has 0 atom stereocenters. The number of aromatic carboxylic acids is 1. The van der Waals surface area contributed by atoms with Crippen LogP contribution in [0.1, 0.15) is 36.8 Å². The molecule has 0 saturated heterocycles. The van der Waals surface area contributed by atoms with E-state index in [1.807, 2.05) is 29.0 Å². The molecule has 7 heteroatoms. The van der Waals surface area contributed by atoms with Gasteiger partial charge in [-0.25, -0.2) is 4.98 Å². The fourth-order valence-corrected chi connectivity index (χ4v) is 3.56. The summed E-state index contributed by atoms with van der Waals surface area (Å²) in [4.78, 5) is 15.1. The summed E-state index contributed by atoms with van der Waals surface area (Å²) >= 11 is 7.41. The van der Waals surface area contributed by atoms with Gasteiger partial charge in [0.2, 0.25) is 0 Å². The molecule has 0 N–H and O–H groups in total. The Morgan fingerprint density at radius 2 is 2.08 bits per heavy atom. The van der Waals surface area contributed by atoms with Crippen LogP contribution in [-0.4, -0.2) is 15.5 Å². The normalized spacial score (nSPS) is 11.5. The van der Waals surface area contributed by atoms with Crippen molar-refractivity contribution in [1.29, 1.82) is 0 Å². The molecule has 0 aliphatic rings. The van der Waals surface area contributed by atoms with Crippen LogP contribution in [0.5, 0.6) is 0 Å². The van der Waals surface area contributed by atoms with Crippen LogP contribution in [0, 0.1) is 5.41 Å². The second kappa shape index (κ2) is 7.18. The van der Waals surface area contributed by atoms with E-state index in [-0.39, 0.29) is 40.7 Å². The Hall–Kier alpha value is -0.850. The van der Waals surface area contributed by atoms with Crippen LogP contribution < -0.4 is 34.7 Å². The van der Waals surface area contributed by atoms with Gasteiger partial charge in [0.15, 0.2) is 5.13 Å². The monoisotopic (exact) mass is 370 g/mol. The zero-order valence-electron chi connectivity index (χ0n) is 14.1. The fourth-order valence-electron chi connectivity index (χ4n) is 2.61. The molecule has 0 saturated carbocycles. The molecule has 2 heterocycles. The number of benzene rings is 1. The third kappa shape index (κ3) is 4.03. The van der Waals surface area contributed by atoms with E-state index in [9.17, 15) is 9.90 Å². The third-order valence-corrected chi connectivity index (χ3v) is 4.55. The van der Waals surface area contributed by atoms with Gasteiger partial charge in [0, 0.05) is 22.0 Å². The molecule has 0 spiro atoms. The zero-order chi connectivity index (χ0) is 16.8. The summed E-state index contributed by atoms with van der Waals surface area (Å²) in [6.07, 6.45) is 2.92. The number of rotatable bonds is 3. The first-order valence-corrected chi connectivity index (χ1v) is 8.47. The van der Waals surface area contributed by atoms with Crippen LogP contribution in [0.25, 0.3) is 16.0 Å². The Morgan fingerprint density at radius 3 is 2.67 bits per heavy atom. The Labute approximate surface area is 171 Å². The van der Waals surface area contributed by atoms with Crippen molar-refractivity contribution in [3.63, 3.8) is 0 Å². The van der Waals surface area contributed by atoms with E-state index in [1.54, 1.807) is 0 Å². The number of fused-ring (bicyclic) bond motifs is 1. The fraction of sp³-hybridized carbons (Fsp3) is 0.294. The van der Waals surface area contributed by atoms with Crippen molar-refractivity contribution in [1.82, 2.24) is 9.55 Å². The Bertz CT molecular complexity index is 896. The first-order chi connectivity index (χ1) is 10.7. The van der Waals surface area contributed by atoms with Crippen molar-refractivity contribution in [3.8, 4) is 5.13 Å². The number of nitrogens with zero attached hydrogens (tertiary/aromatic N) is 2. The van der Waals surface area contributed by atoms with Gasteiger partial charge in [0.05, 0.1) is 17.2 Å². The molecule has 2 aromatic heterocycles. The largest absolute Gasteiger partial charge is 1.00 e. The Kier molecular flexibility index (Phi) is 5.83. The maximum atomic E-state index is 11.0. The predicted octanol–water partition coefficient (Wildman–Crippen LogP) is 0.696. The maximum Gasteiger partial charge on any atom is 1.00 e. The molecule has 120 valence electrons. The molecular weight excluding hydrogens is 355 g/mol. The van der Waals surface area contributed by atoms with E-state index in [4.69, 9.17) is 11.6 Å². The second-order valence-corrected chi connectivity index (χ2v) is 8.00. The molecule has 4 nitrogen and oxygen atoms in total. The number of carbonyl (C=O) groups is 1. The summed E-state index contributed by atoms with van der Waals surface area (Å²) in [6.45, 7) is 6.55. The molecule has 3 rings (SSSR count). The van der Waals surface area contributed by atoms with E-state index >= 15 is 0 Å². The Balaban J connectivity index is 0.00000208. The van der Waals surface area contributed by atoms with Gasteiger partial charge in [-0.15, -0.1) is 11.3 Å². The molecule has 0 amide bonds. The summed E-state index contributed by atoms with van der Waals surface area (Å²) in [5.41, 5.74) is 2.20. The minimum Gasteiger partial charge on any atom is -0.543 e. The number of thiazole rings is 1. The number of halogens is 1. The average molecular weight is 371 g/mol. The minimum atomic E-state index is -1.27. The van der Waals surface area contributed by atoms with Gasteiger partial charge in [-0.05, 0) is 29.5 Å². The molecule has 0 aliphatic carbocycles. The van der Waals surface area contributed by atoms with Crippen LogP contribution in [0.4, 0.5) is 0 Å². The molecule has 0 fully saturated rings. The van der Waals surface area contributed by atoms with Gasteiger partial charge in [0.1, 0.15) is 0 Å². The molecular formula is C17H16ClN2NaO2S.